The summed E-state index contributed by atoms with van der Waals surface area (Å²) in [5.41, 5.74) is 6.38. The van der Waals surface area contributed by atoms with Crippen LogP contribution in [-0.2, 0) is 0 Å². The fourth-order valence-corrected chi connectivity index (χ4v) is 2.40. The Labute approximate surface area is 111 Å². The van der Waals surface area contributed by atoms with Crippen molar-refractivity contribution in [2.45, 2.75) is 9.99 Å². The lowest BCUT2D eigenvalue weighted by Gasteiger charge is -1.96. The third-order valence-electron chi connectivity index (χ3n) is 2.34. The first kappa shape index (κ1) is 11.7. The summed E-state index contributed by atoms with van der Waals surface area (Å²) in [6, 6.07) is 9.42. The Kier molecular flexibility index (Phi) is 2.88. The predicted molar refractivity (Wildman–Crippen MR) is 69.1 cm³/mol. The molecule has 0 spiro atoms. The first-order chi connectivity index (χ1) is 9.20. The maximum absolute atomic E-state index is 10.6. The van der Waals surface area contributed by atoms with E-state index in [0.717, 1.165) is 15.5 Å². The molecule has 6 nitrogen and oxygen atoms in total. The minimum atomic E-state index is -0.899. The van der Waals surface area contributed by atoms with Gasteiger partial charge in [0, 0.05) is 4.90 Å². The summed E-state index contributed by atoms with van der Waals surface area (Å²) < 4.78 is 9.95. The van der Waals surface area contributed by atoms with Gasteiger partial charge in [-0.05, 0) is 30.3 Å². The molecule has 0 saturated heterocycles. The number of benzene rings is 1. The molecule has 0 unspecified atom stereocenters. The van der Waals surface area contributed by atoms with Crippen molar-refractivity contribution in [3.05, 3.63) is 36.6 Å². The minimum absolute atomic E-state index is 0.0858. The topological polar surface area (TPSA) is 94.1 Å². The number of fused-ring (bicyclic) bond motifs is 1. The van der Waals surface area contributed by atoms with Gasteiger partial charge in [0.05, 0.1) is 17.3 Å². The number of primary amides is 1. The molecular formula is C12H9N3O3S. The number of aromatic nitrogens is 2. The number of aromatic amines is 1. The summed E-state index contributed by atoms with van der Waals surface area (Å²) in [6.07, 6.45) is 0.720. The third kappa shape index (κ3) is 2.55. The summed E-state index contributed by atoms with van der Waals surface area (Å²) in [4.78, 5) is 18.6. The summed E-state index contributed by atoms with van der Waals surface area (Å²) in [5, 5.41) is 0.795. The van der Waals surface area contributed by atoms with Crippen LogP contribution in [0.5, 0.6) is 6.01 Å². The average Bonchev–Trinajstić information content (AvgIpc) is 2.96. The highest BCUT2D eigenvalue weighted by Gasteiger charge is 2.08. The SMILES string of the molecule is NC(=O)Oc1nc2cc(Sc3ccco3)ccc2[nH]1. The second-order valence-electron chi connectivity index (χ2n) is 3.68. The summed E-state index contributed by atoms with van der Waals surface area (Å²) in [7, 11) is 0. The van der Waals surface area contributed by atoms with Gasteiger partial charge < -0.3 is 19.9 Å². The van der Waals surface area contributed by atoms with Crippen LogP contribution in [0.3, 0.4) is 0 Å². The van der Waals surface area contributed by atoms with E-state index in [1.807, 2.05) is 30.3 Å². The lowest BCUT2D eigenvalue weighted by atomic mass is 10.3. The maximum atomic E-state index is 10.6. The van der Waals surface area contributed by atoms with Crippen molar-refractivity contribution in [3.8, 4) is 6.01 Å². The molecule has 0 atom stereocenters. The largest absolute Gasteiger partial charge is 0.458 e. The zero-order chi connectivity index (χ0) is 13.2. The number of hydrogen-bond acceptors (Lipinski definition) is 5. The van der Waals surface area contributed by atoms with Crippen molar-refractivity contribution in [1.29, 1.82) is 0 Å². The van der Waals surface area contributed by atoms with Crippen LogP contribution in [0.2, 0.25) is 0 Å². The zero-order valence-electron chi connectivity index (χ0n) is 9.62. The molecule has 2 heterocycles. The number of amides is 1. The van der Waals surface area contributed by atoms with Gasteiger partial charge in [-0.2, -0.15) is 4.98 Å². The number of furan rings is 1. The van der Waals surface area contributed by atoms with E-state index in [9.17, 15) is 4.79 Å². The van der Waals surface area contributed by atoms with Gasteiger partial charge >= 0.3 is 12.1 Å². The fraction of sp³-hybridized carbons (Fsp3) is 0. The monoisotopic (exact) mass is 275 g/mol. The normalized spacial score (nSPS) is 10.7. The maximum Gasteiger partial charge on any atom is 0.412 e. The van der Waals surface area contributed by atoms with Crippen LogP contribution in [0.25, 0.3) is 11.0 Å². The summed E-state index contributed by atoms with van der Waals surface area (Å²) in [6.45, 7) is 0. The quantitative estimate of drug-likeness (QED) is 0.766. The molecule has 3 aromatic rings. The minimum Gasteiger partial charge on any atom is -0.458 e. The Bertz CT molecular complexity index is 721. The molecule has 3 rings (SSSR count). The third-order valence-corrected chi connectivity index (χ3v) is 3.27. The summed E-state index contributed by atoms with van der Waals surface area (Å²) in [5.74, 6) is 0. The van der Waals surface area contributed by atoms with Crippen molar-refractivity contribution in [2.75, 3.05) is 0 Å². The van der Waals surface area contributed by atoms with E-state index in [-0.39, 0.29) is 6.01 Å². The highest BCUT2D eigenvalue weighted by atomic mass is 32.2. The highest BCUT2D eigenvalue weighted by Crippen LogP contribution is 2.30. The van der Waals surface area contributed by atoms with Crippen LogP contribution >= 0.6 is 11.8 Å². The number of hydrogen-bond donors (Lipinski definition) is 2. The van der Waals surface area contributed by atoms with Gasteiger partial charge in [-0.15, -0.1) is 0 Å². The number of rotatable bonds is 3. The number of carbonyl (C=O) groups excluding carboxylic acids is 1. The molecule has 2 aromatic heterocycles. The van der Waals surface area contributed by atoms with Crippen LogP contribution in [0.1, 0.15) is 0 Å². The van der Waals surface area contributed by atoms with E-state index in [1.54, 1.807) is 6.26 Å². The second-order valence-corrected chi connectivity index (χ2v) is 4.75. The van der Waals surface area contributed by atoms with E-state index in [0.29, 0.717) is 5.52 Å². The number of H-pyrrole nitrogens is 1. The van der Waals surface area contributed by atoms with E-state index in [2.05, 4.69) is 9.97 Å². The Morgan fingerprint density at radius 1 is 1.42 bits per heavy atom. The van der Waals surface area contributed by atoms with Gasteiger partial charge in [0.1, 0.15) is 0 Å². The van der Waals surface area contributed by atoms with Crippen molar-refractivity contribution >= 4 is 28.9 Å². The molecule has 96 valence electrons. The molecule has 0 aliphatic rings. The van der Waals surface area contributed by atoms with Gasteiger partial charge in [-0.25, -0.2) is 4.79 Å². The number of nitrogens with two attached hydrogens (primary N) is 1. The first-order valence-corrected chi connectivity index (χ1v) is 6.21. The molecule has 19 heavy (non-hydrogen) atoms. The Morgan fingerprint density at radius 3 is 3.05 bits per heavy atom. The van der Waals surface area contributed by atoms with E-state index < -0.39 is 6.09 Å². The van der Waals surface area contributed by atoms with E-state index >= 15 is 0 Å². The van der Waals surface area contributed by atoms with E-state index in [1.165, 1.54) is 11.8 Å². The van der Waals surface area contributed by atoms with Crippen molar-refractivity contribution in [2.24, 2.45) is 5.73 Å². The molecule has 3 N–H and O–H groups in total. The molecule has 7 heteroatoms. The molecule has 0 saturated carbocycles. The number of ether oxygens (including phenoxy) is 1. The lowest BCUT2D eigenvalue weighted by Crippen LogP contribution is -2.16. The standard InChI is InChI=1S/C12H9N3O3S/c13-11(16)18-12-14-8-4-3-7(6-9(8)15-12)19-10-2-1-5-17-10/h1-6H,(H2,13,16)(H,14,15). The van der Waals surface area contributed by atoms with Gasteiger partial charge in [-0.3, -0.25) is 0 Å². The van der Waals surface area contributed by atoms with Crippen molar-refractivity contribution in [1.82, 2.24) is 9.97 Å². The van der Waals surface area contributed by atoms with Crippen LogP contribution in [0, 0.1) is 0 Å². The van der Waals surface area contributed by atoms with Crippen LogP contribution < -0.4 is 10.5 Å². The Balaban J connectivity index is 1.89. The molecule has 0 fully saturated rings. The lowest BCUT2D eigenvalue weighted by molar-refractivity contribution is 0.207. The molecule has 1 amide bonds. The predicted octanol–water partition coefficient (Wildman–Crippen LogP) is 2.76. The van der Waals surface area contributed by atoms with Crippen LogP contribution in [-0.4, -0.2) is 16.1 Å². The first-order valence-electron chi connectivity index (χ1n) is 5.39. The molecule has 0 aliphatic carbocycles. The van der Waals surface area contributed by atoms with Crippen LogP contribution in [0.15, 0.2) is 51.0 Å². The molecule has 0 radical (unpaired) electrons. The second kappa shape index (κ2) is 4.69. The number of carbonyl (C=O) groups is 1. The molecule has 0 bridgehead atoms. The van der Waals surface area contributed by atoms with Crippen LogP contribution in [0.4, 0.5) is 4.79 Å². The Morgan fingerprint density at radius 2 is 2.32 bits per heavy atom. The fourth-order valence-electron chi connectivity index (χ4n) is 1.61. The summed E-state index contributed by atoms with van der Waals surface area (Å²) >= 11 is 1.48. The van der Waals surface area contributed by atoms with Gasteiger partial charge in [0.15, 0.2) is 5.09 Å². The Hall–Kier alpha value is -2.41. The highest BCUT2D eigenvalue weighted by molar-refractivity contribution is 7.99. The van der Waals surface area contributed by atoms with Crippen molar-refractivity contribution < 1.29 is 13.9 Å². The number of imidazole rings is 1. The smallest absolute Gasteiger partial charge is 0.412 e. The average molecular weight is 275 g/mol. The zero-order valence-corrected chi connectivity index (χ0v) is 10.4. The molecule has 0 aliphatic heterocycles. The molecule has 1 aromatic carbocycles. The van der Waals surface area contributed by atoms with Gasteiger partial charge in [0.25, 0.3) is 0 Å². The number of nitrogens with zero attached hydrogens (tertiary/aromatic N) is 1. The number of nitrogens with one attached hydrogen (secondary N) is 1. The molecular weight excluding hydrogens is 266 g/mol. The van der Waals surface area contributed by atoms with Gasteiger partial charge in [0.2, 0.25) is 0 Å². The van der Waals surface area contributed by atoms with Gasteiger partial charge in [-0.1, -0.05) is 11.8 Å². The van der Waals surface area contributed by atoms with E-state index in [4.69, 9.17) is 14.9 Å². The van der Waals surface area contributed by atoms with Crippen molar-refractivity contribution in [3.63, 3.8) is 0 Å².